The molecule has 0 spiro atoms. The Morgan fingerprint density at radius 1 is 1.21 bits per heavy atom. The van der Waals surface area contributed by atoms with Crippen molar-refractivity contribution < 1.29 is 14.7 Å². The second kappa shape index (κ2) is 8.02. The van der Waals surface area contributed by atoms with E-state index in [9.17, 15) is 9.59 Å². The zero-order valence-electron chi connectivity index (χ0n) is 15.4. The summed E-state index contributed by atoms with van der Waals surface area (Å²) in [6.45, 7) is 2.97. The van der Waals surface area contributed by atoms with Gasteiger partial charge in [0.1, 0.15) is 0 Å². The quantitative estimate of drug-likeness (QED) is 0.667. The predicted octanol–water partition coefficient (Wildman–Crippen LogP) is 2.83. The van der Waals surface area contributed by atoms with Gasteiger partial charge in [-0.15, -0.1) is 0 Å². The number of carboxylic acids is 1. The Bertz CT molecular complexity index is 975. The molecule has 1 aliphatic heterocycles. The molecule has 3 aromatic rings. The Hall–Kier alpha value is -2.87. The van der Waals surface area contributed by atoms with Crippen LogP contribution >= 0.6 is 11.3 Å². The summed E-state index contributed by atoms with van der Waals surface area (Å²) in [6, 6.07) is 8.95. The molecule has 1 aromatic carbocycles. The van der Waals surface area contributed by atoms with E-state index in [2.05, 4.69) is 15.2 Å². The number of benzene rings is 1. The van der Waals surface area contributed by atoms with Crippen molar-refractivity contribution in [2.24, 2.45) is 5.92 Å². The number of nitrogens with zero attached hydrogens (tertiary/aromatic N) is 3. The second-order valence-electron chi connectivity index (χ2n) is 6.96. The summed E-state index contributed by atoms with van der Waals surface area (Å²) in [4.78, 5) is 30.4. The maximum atomic E-state index is 12.4. The molecule has 0 unspecified atom stereocenters. The van der Waals surface area contributed by atoms with E-state index < -0.39 is 5.97 Å². The van der Waals surface area contributed by atoms with Crippen molar-refractivity contribution >= 4 is 38.6 Å². The summed E-state index contributed by atoms with van der Waals surface area (Å²) in [7, 11) is 0. The number of aromatic nitrogens is 2. The molecule has 2 aromatic heterocycles. The van der Waals surface area contributed by atoms with E-state index in [1.54, 1.807) is 18.2 Å². The van der Waals surface area contributed by atoms with Crippen molar-refractivity contribution in [2.75, 3.05) is 24.5 Å². The molecule has 1 amide bonds. The van der Waals surface area contributed by atoms with Crippen molar-refractivity contribution in [1.29, 1.82) is 0 Å². The molecule has 1 saturated heterocycles. The average molecular weight is 398 g/mol. The Morgan fingerprint density at radius 3 is 2.68 bits per heavy atom. The summed E-state index contributed by atoms with van der Waals surface area (Å²) in [5.41, 5.74) is 1.09. The first kappa shape index (κ1) is 18.5. The Kier molecular flexibility index (Phi) is 5.29. The number of hydrogen-bond acceptors (Lipinski definition) is 5. The number of amides is 1. The highest BCUT2D eigenvalue weighted by atomic mass is 32.1. The minimum Gasteiger partial charge on any atom is -0.478 e. The zero-order chi connectivity index (χ0) is 19.5. The van der Waals surface area contributed by atoms with E-state index in [1.165, 1.54) is 11.3 Å². The summed E-state index contributed by atoms with van der Waals surface area (Å²) in [5.74, 6) is -0.767. The molecule has 0 aliphatic carbocycles. The number of piperidine rings is 1. The molecule has 1 fully saturated rings. The third-order valence-electron chi connectivity index (χ3n) is 5.10. The van der Waals surface area contributed by atoms with Gasteiger partial charge in [0.25, 0.3) is 0 Å². The average Bonchev–Trinajstić information content (AvgIpc) is 3.37. The molecule has 0 saturated carbocycles. The fourth-order valence-electron chi connectivity index (χ4n) is 3.49. The standard InChI is InChI=1S/C20H22N4O3S/c25-18(21-7-12-23-8-1-2-9-23)14-5-10-24(11-6-14)20-22-16-4-3-15(19(26)27)13-17(16)28-20/h1-4,8-9,13-14H,5-7,10-12H2,(H,21,25)(H,26,27). The molecule has 146 valence electrons. The van der Waals surface area contributed by atoms with Gasteiger partial charge >= 0.3 is 5.97 Å². The maximum absolute atomic E-state index is 12.4. The van der Waals surface area contributed by atoms with Crippen LogP contribution in [0.4, 0.5) is 5.13 Å². The van der Waals surface area contributed by atoms with E-state index >= 15 is 0 Å². The van der Waals surface area contributed by atoms with Gasteiger partial charge in [-0.05, 0) is 43.2 Å². The van der Waals surface area contributed by atoms with Crippen molar-refractivity contribution in [3.63, 3.8) is 0 Å². The van der Waals surface area contributed by atoms with Crippen molar-refractivity contribution in [1.82, 2.24) is 14.9 Å². The highest BCUT2D eigenvalue weighted by molar-refractivity contribution is 7.22. The fourth-order valence-corrected chi connectivity index (χ4v) is 4.54. The van der Waals surface area contributed by atoms with E-state index in [0.29, 0.717) is 6.54 Å². The summed E-state index contributed by atoms with van der Waals surface area (Å²) in [6.07, 6.45) is 5.57. The fraction of sp³-hybridized carbons (Fsp3) is 0.350. The Labute approximate surface area is 166 Å². The SMILES string of the molecule is O=C(O)c1ccc2nc(N3CCC(C(=O)NCCn4cccc4)CC3)sc2c1. The molecule has 0 radical (unpaired) electrons. The molecule has 3 heterocycles. The second-order valence-corrected chi connectivity index (χ2v) is 7.97. The highest BCUT2D eigenvalue weighted by Crippen LogP contribution is 2.32. The van der Waals surface area contributed by atoms with Gasteiger partial charge in [0.2, 0.25) is 5.91 Å². The number of carboxylic acid groups (broad SMARTS) is 1. The lowest BCUT2D eigenvalue weighted by atomic mass is 9.96. The van der Waals surface area contributed by atoms with Crippen LogP contribution in [0, 0.1) is 5.92 Å². The van der Waals surface area contributed by atoms with Crippen LogP contribution < -0.4 is 10.2 Å². The molecule has 8 heteroatoms. The van der Waals surface area contributed by atoms with Gasteiger partial charge in [-0.1, -0.05) is 11.3 Å². The van der Waals surface area contributed by atoms with Gasteiger partial charge in [0.05, 0.1) is 15.8 Å². The largest absolute Gasteiger partial charge is 0.478 e. The Balaban J connectivity index is 1.31. The molecule has 2 N–H and O–H groups in total. The van der Waals surface area contributed by atoms with Gasteiger partial charge in [0, 0.05) is 44.5 Å². The third-order valence-corrected chi connectivity index (χ3v) is 6.17. The van der Waals surface area contributed by atoms with Crippen LogP contribution in [0.3, 0.4) is 0 Å². The monoisotopic (exact) mass is 398 g/mol. The number of thiazole rings is 1. The number of rotatable bonds is 6. The van der Waals surface area contributed by atoms with Gasteiger partial charge in [-0.2, -0.15) is 0 Å². The number of anilines is 1. The molecule has 4 rings (SSSR count). The van der Waals surface area contributed by atoms with Gasteiger partial charge in [0.15, 0.2) is 5.13 Å². The number of nitrogens with one attached hydrogen (secondary N) is 1. The number of carbonyl (C=O) groups excluding carboxylic acids is 1. The first-order chi connectivity index (χ1) is 13.6. The third kappa shape index (κ3) is 4.01. The molecular formula is C20H22N4O3S. The van der Waals surface area contributed by atoms with Gasteiger partial charge < -0.3 is 19.9 Å². The molecular weight excluding hydrogens is 376 g/mol. The van der Waals surface area contributed by atoms with Gasteiger partial charge in [-0.3, -0.25) is 4.79 Å². The first-order valence-corrected chi connectivity index (χ1v) is 10.2. The summed E-state index contributed by atoms with van der Waals surface area (Å²) >= 11 is 1.51. The zero-order valence-corrected chi connectivity index (χ0v) is 16.2. The van der Waals surface area contributed by atoms with E-state index in [-0.39, 0.29) is 17.4 Å². The number of fused-ring (bicyclic) bond motifs is 1. The summed E-state index contributed by atoms with van der Waals surface area (Å²) in [5, 5.41) is 13.1. The van der Waals surface area contributed by atoms with Crippen LogP contribution in [-0.2, 0) is 11.3 Å². The van der Waals surface area contributed by atoms with Crippen molar-refractivity contribution in [2.45, 2.75) is 19.4 Å². The summed E-state index contributed by atoms with van der Waals surface area (Å²) < 4.78 is 2.92. The number of aromatic carboxylic acids is 1. The predicted molar refractivity (Wildman–Crippen MR) is 109 cm³/mol. The first-order valence-electron chi connectivity index (χ1n) is 9.37. The molecule has 7 nitrogen and oxygen atoms in total. The molecule has 0 bridgehead atoms. The maximum Gasteiger partial charge on any atom is 0.335 e. The van der Waals surface area contributed by atoms with Crippen LogP contribution in [0.5, 0.6) is 0 Å². The lowest BCUT2D eigenvalue weighted by Gasteiger charge is -2.31. The van der Waals surface area contributed by atoms with Crippen LogP contribution in [0.2, 0.25) is 0 Å². The van der Waals surface area contributed by atoms with Crippen LogP contribution in [0.1, 0.15) is 23.2 Å². The number of carbonyl (C=O) groups is 2. The van der Waals surface area contributed by atoms with Crippen molar-refractivity contribution in [3.8, 4) is 0 Å². The Morgan fingerprint density at radius 2 is 1.96 bits per heavy atom. The lowest BCUT2D eigenvalue weighted by molar-refractivity contribution is -0.125. The van der Waals surface area contributed by atoms with Crippen LogP contribution in [-0.4, -0.2) is 46.2 Å². The molecule has 0 atom stereocenters. The minimum atomic E-state index is -0.930. The van der Waals surface area contributed by atoms with E-state index in [1.807, 2.05) is 29.1 Å². The van der Waals surface area contributed by atoms with Crippen LogP contribution in [0.25, 0.3) is 10.2 Å². The van der Waals surface area contributed by atoms with Crippen LogP contribution in [0.15, 0.2) is 42.7 Å². The topological polar surface area (TPSA) is 87.5 Å². The highest BCUT2D eigenvalue weighted by Gasteiger charge is 2.26. The molecule has 28 heavy (non-hydrogen) atoms. The smallest absolute Gasteiger partial charge is 0.335 e. The lowest BCUT2D eigenvalue weighted by Crippen LogP contribution is -2.41. The minimum absolute atomic E-state index is 0.0360. The number of hydrogen-bond donors (Lipinski definition) is 2. The van der Waals surface area contributed by atoms with E-state index in [4.69, 9.17) is 5.11 Å². The normalized spacial score (nSPS) is 15.1. The van der Waals surface area contributed by atoms with Gasteiger partial charge in [-0.25, -0.2) is 9.78 Å². The van der Waals surface area contributed by atoms with Crippen molar-refractivity contribution in [3.05, 3.63) is 48.3 Å². The van der Waals surface area contributed by atoms with E-state index in [0.717, 1.165) is 47.8 Å². The molecule has 1 aliphatic rings.